The summed E-state index contributed by atoms with van der Waals surface area (Å²) in [6, 6.07) is 23.7. The van der Waals surface area contributed by atoms with Gasteiger partial charge in [-0.3, -0.25) is 4.98 Å². The Morgan fingerprint density at radius 3 is 2.43 bits per heavy atom. The van der Waals surface area contributed by atoms with Crippen LogP contribution in [0.2, 0.25) is 0 Å². The van der Waals surface area contributed by atoms with Gasteiger partial charge in [0, 0.05) is 18.3 Å². The third kappa shape index (κ3) is 3.06. The Kier molecular flexibility index (Phi) is 4.59. The van der Waals surface area contributed by atoms with Crippen LogP contribution in [0.4, 0.5) is 0 Å². The number of aromatic nitrogens is 1. The minimum atomic E-state index is 0. The summed E-state index contributed by atoms with van der Waals surface area (Å²) < 4.78 is 0. The van der Waals surface area contributed by atoms with Crippen LogP contribution in [0.15, 0.2) is 79.1 Å². The zero-order valence-electron chi connectivity index (χ0n) is 12.7. The molecular weight excluding hydrogens is 302 g/mol. The van der Waals surface area contributed by atoms with Gasteiger partial charge in [-0.05, 0) is 46.4 Å². The van der Waals surface area contributed by atoms with Crippen molar-refractivity contribution in [2.45, 2.75) is 12.3 Å². The van der Waals surface area contributed by atoms with Crippen molar-refractivity contribution in [3.63, 3.8) is 0 Å². The lowest BCUT2D eigenvalue weighted by Crippen LogP contribution is -1.94. The maximum Gasteiger partial charge on any atom is 0.0340 e. The van der Waals surface area contributed by atoms with Gasteiger partial charge in [0.15, 0.2) is 0 Å². The van der Waals surface area contributed by atoms with Gasteiger partial charge in [-0.25, -0.2) is 0 Å². The number of nitrogens with zero attached hydrogens (tertiary/aromatic N) is 1. The van der Waals surface area contributed by atoms with E-state index in [0.717, 1.165) is 6.42 Å². The molecule has 4 rings (SSSR count). The number of pyridine rings is 1. The molecule has 0 aliphatic heterocycles. The Morgan fingerprint density at radius 1 is 0.870 bits per heavy atom. The van der Waals surface area contributed by atoms with Crippen LogP contribution in [0.25, 0.3) is 11.6 Å². The van der Waals surface area contributed by atoms with Crippen LogP contribution in [0.5, 0.6) is 0 Å². The zero-order valence-corrected chi connectivity index (χ0v) is 13.5. The summed E-state index contributed by atoms with van der Waals surface area (Å²) in [5.41, 5.74) is 6.77. The van der Waals surface area contributed by atoms with E-state index in [0.29, 0.717) is 5.92 Å². The molecule has 1 atom stereocenters. The summed E-state index contributed by atoms with van der Waals surface area (Å²) >= 11 is 0. The molecule has 1 nitrogen and oxygen atoms in total. The number of hydrogen-bond acceptors (Lipinski definition) is 1. The van der Waals surface area contributed by atoms with Gasteiger partial charge in [0.05, 0.1) is 0 Å². The first-order chi connectivity index (χ1) is 10.9. The molecule has 0 radical (unpaired) electrons. The van der Waals surface area contributed by atoms with Crippen LogP contribution in [0.1, 0.15) is 34.6 Å². The molecule has 1 heterocycles. The monoisotopic (exact) mass is 319 g/mol. The third-order valence-electron chi connectivity index (χ3n) is 4.33. The molecule has 3 aromatic rings. The van der Waals surface area contributed by atoms with E-state index in [-0.39, 0.29) is 12.4 Å². The highest BCUT2D eigenvalue weighted by molar-refractivity contribution is 5.86. The average molecular weight is 320 g/mol. The van der Waals surface area contributed by atoms with Crippen LogP contribution in [0.3, 0.4) is 0 Å². The maximum absolute atomic E-state index is 4.22. The first kappa shape index (κ1) is 15.5. The second-order valence-electron chi connectivity index (χ2n) is 5.71. The zero-order chi connectivity index (χ0) is 14.8. The summed E-state index contributed by atoms with van der Waals surface area (Å²) in [6.07, 6.45) is 7.07. The average Bonchev–Trinajstić information content (AvgIpc) is 2.96. The van der Waals surface area contributed by atoms with Crippen molar-refractivity contribution in [1.82, 2.24) is 4.98 Å². The minimum absolute atomic E-state index is 0. The number of hydrogen-bond donors (Lipinski definition) is 0. The van der Waals surface area contributed by atoms with Crippen molar-refractivity contribution < 1.29 is 0 Å². The molecule has 0 N–H and O–H groups in total. The molecule has 0 fully saturated rings. The standard InChI is InChI=1S/C21H17N.ClH/c1-2-8-17(9-3-1)21-14-18(13-16-7-6-12-22-15-16)19-10-4-5-11-20(19)21;/h1-13,15,21H,14H2;1H/b18-13+;. The summed E-state index contributed by atoms with van der Waals surface area (Å²) in [6.45, 7) is 0. The molecule has 1 aromatic heterocycles. The molecular formula is C21H18ClN. The summed E-state index contributed by atoms with van der Waals surface area (Å²) in [5, 5.41) is 0. The lowest BCUT2D eigenvalue weighted by Gasteiger charge is -2.11. The third-order valence-corrected chi connectivity index (χ3v) is 4.33. The summed E-state index contributed by atoms with van der Waals surface area (Å²) in [4.78, 5) is 4.22. The fourth-order valence-electron chi connectivity index (χ4n) is 3.32. The lowest BCUT2D eigenvalue weighted by molar-refractivity contribution is 0.882. The molecule has 0 amide bonds. The van der Waals surface area contributed by atoms with Crippen molar-refractivity contribution in [2.75, 3.05) is 0 Å². The Bertz CT molecular complexity index is 810. The second kappa shape index (κ2) is 6.80. The quantitative estimate of drug-likeness (QED) is 0.601. The fourth-order valence-corrected chi connectivity index (χ4v) is 3.32. The Morgan fingerprint density at radius 2 is 1.65 bits per heavy atom. The molecule has 0 bridgehead atoms. The highest BCUT2D eigenvalue weighted by atomic mass is 35.5. The van der Waals surface area contributed by atoms with Crippen molar-refractivity contribution in [1.29, 1.82) is 0 Å². The number of halogens is 1. The number of allylic oxidation sites excluding steroid dienone is 1. The van der Waals surface area contributed by atoms with Gasteiger partial charge in [0.2, 0.25) is 0 Å². The Balaban J connectivity index is 0.00000156. The predicted molar refractivity (Wildman–Crippen MR) is 98.7 cm³/mol. The van der Waals surface area contributed by atoms with Gasteiger partial charge < -0.3 is 0 Å². The van der Waals surface area contributed by atoms with Crippen molar-refractivity contribution in [2.24, 2.45) is 0 Å². The van der Waals surface area contributed by atoms with E-state index in [4.69, 9.17) is 0 Å². The topological polar surface area (TPSA) is 12.9 Å². The molecule has 23 heavy (non-hydrogen) atoms. The smallest absolute Gasteiger partial charge is 0.0340 e. The van der Waals surface area contributed by atoms with E-state index in [2.05, 4.69) is 71.7 Å². The SMILES string of the molecule is C(=C1/CC(c2ccccc2)c2ccccc21)/c1cccnc1.Cl. The molecule has 1 aliphatic rings. The minimum Gasteiger partial charge on any atom is -0.264 e. The van der Waals surface area contributed by atoms with Gasteiger partial charge in [0.25, 0.3) is 0 Å². The Hall–Kier alpha value is -2.38. The fraction of sp³-hybridized carbons (Fsp3) is 0.0952. The molecule has 0 saturated carbocycles. The van der Waals surface area contributed by atoms with Crippen LogP contribution >= 0.6 is 12.4 Å². The van der Waals surface area contributed by atoms with E-state index in [1.165, 1.54) is 27.8 Å². The molecule has 0 spiro atoms. The van der Waals surface area contributed by atoms with E-state index in [1.54, 1.807) is 0 Å². The summed E-state index contributed by atoms with van der Waals surface area (Å²) in [5.74, 6) is 0.459. The van der Waals surface area contributed by atoms with Crippen LogP contribution in [0, 0.1) is 0 Å². The van der Waals surface area contributed by atoms with E-state index < -0.39 is 0 Å². The van der Waals surface area contributed by atoms with Gasteiger partial charge in [-0.15, -0.1) is 12.4 Å². The van der Waals surface area contributed by atoms with Gasteiger partial charge in [0.1, 0.15) is 0 Å². The van der Waals surface area contributed by atoms with Crippen LogP contribution in [-0.4, -0.2) is 4.98 Å². The van der Waals surface area contributed by atoms with Crippen molar-refractivity contribution in [3.8, 4) is 0 Å². The highest BCUT2D eigenvalue weighted by Crippen LogP contribution is 2.45. The summed E-state index contributed by atoms with van der Waals surface area (Å²) in [7, 11) is 0. The lowest BCUT2D eigenvalue weighted by atomic mass is 9.93. The second-order valence-corrected chi connectivity index (χ2v) is 5.71. The molecule has 1 aliphatic carbocycles. The highest BCUT2D eigenvalue weighted by Gasteiger charge is 2.26. The predicted octanol–water partition coefficient (Wildman–Crippen LogP) is 5.58. The van der Waals surface area contributed by atoms with Crippen LogP contribution < -0.4 is 0 Å². The van der Waals surface area contributed by atoms with Gasteiger partial charge in [-0.2, -0.15) is 0 Å². The molecule has 0 saturated heterocycles. The van der Waals surface area contributed by atoms with Gasteiger partial charge >= 0.3 is 0 Å². The number of fused-ring (bicyclic) bond motifs is 1. The molecule has 2 aromatic carbocycles. The largest absolute Gasteiger partial charge is 0.264 e. The normalized spacial score (nSPS) is 17.6. The first-order valence-corrected chi connectivity index (χ1v) is 7.66. The molecule has 114 valence electrons. The maximum atomic E-state index is 4.22. The molecule has 1 unspecified atom stereocenters. The van der Waals surface area contributed by atoms with Crippen molar-refractivity contribution in [3.05, 3.63) is 101 Å². The number of rotatable bonds is 2. The molecule has 2 heteroatoms. The van der Waals surface area contributed by atoms with E-state index in [9.17, 15) is 0 Å². The number of benzene rings is 2. The van der Waals surface area contributed by atoms with E-state index >= 15 is 0 Å². The van der Waals surface area contributed by atoms with Crippen LogP contribution in [-0.2, 0) is 0 Å². The van der Waals surface area contributed by atoms with Crippen molar-refractivity contribution >= 4 is 24.1 Å². The van der Waals surface area contributed by atoms with Gasteiger partial charge in [-0.1, -0.05) is 60.7 Å². The van der Waals surface area contributed by atoms with E-state index in [1.807, 2.05) is 18.5 Å². The first-order valence-electron chi connectivity index (χ1n) is 7.66. The Labute approximate surface area is 143 Å².